The van der Waals surface area contributed by atoms with Crippen LogP contribution in [-0.4, -0.2) is 27.8 Å². The van der Waals surface area contributed by atoms with Gasteiger partial charge in [-0.3, -0.25) is 0 Å². The summed E-state index contributed by atoms with van der Waals surface area (Å²) in [6.07, 6.45) is 3.14. The van der Waals surface area contributed by atoms with Gasteiger partial charge in [0.2, 0.25) is 5.28 Å². The van der Waals surface area contributed by atoms with Crippen molar-refractivity contribution in [2.75, 3.05) is 6.54 Å². The Bertz CT molecular complexity index is 160. The summed E-state index contributed by atoms with van der Waals surface area (Å²) < 4.78 is 0. The predicted molar refractivity (Wildman–Crippen MR) is 37.9 cm³/mol. The zero-order valence-electron chi connectivity index (χ0n) is 6.60. The van der Waals surface area contributed by atoms with Crippen molar-refractivity contribution in [1.82, 2.24) is 5.01 Å². The highest BCUT2D eigenvalue weighted by atomic mass is 16.6. The zero-order chi connectivity index (χ0) is 8.27. The highest BCUT2D eigenvalue weighted by molar-refractivity contribution is 4.65. The van der Waals surface area contributed by atoms with Crippen LogP contribution in [0.5, 0.6) is 0 Å². The summed E-state index contributed by atoms with van der Waals surface area (Å²) >= 11 is 0. The first-order valence-corrected chi connectivity index (χ1v) is 3.84. The summed E-state index contributed by atoms with van der Waals surface area (Å²) in [5.41, 5.74) is 0. The quantitative estimate of drug-likeness (QED) is 0.354. The van der Waals surface area contributed by atoms with E-state index in [0.29, 0.717) is 6.54 Å². The molecule has 1 atom stereocenters. The topological polar surface area (TPSA) is 61.9 Å². The lowest BCUT2D eigenvalue weighted by Gasteiger charge is -2.27. The molecule has 0 aliphatic carbocycles. The second kappa shape index (κ2) is 3.41. The molecule has 0 aromatic heterocycles. The van der Waals surface area contributed by atoms with Gasteiger partial charge < -0.3 is 10.4 Å². The minimum atomic E-state index is 0.192. The molecule has 1 unspecified atom stereocenters. The van der Waals surface area contributed by atoms with Crippen LogP contribution < -0.4 is 0 Å². The van der Waals surface area contributed by atoms with Gasteiger partial charge in [-0.25, -0.2) is 0 Å². The van der Waals surface area contributed by atoms with Crippen molar-refractivity contribution >= 4 is 0 Å². The van der Waals surface area contributed by atoms with Crippen LogP contribution in [0.4, 0.5) is 0 Å². The average Bonchev–Trinajstić information content (AvgIpc) is 2.04. The molecular weight excluding hydrogens is 146 g/mol. The van der Waals surface area contributed by atoms with E-state index in [1.165, 1.54) is 5.01 Å². The molecule has 0 bridgehead atoms. The minimum Gasteiger partial charge on any atom is -0.569 e. The van der Waals surface area contributed by atoms with Gasteiger partial charge in [-0.1, -0.05) is 0 Å². The average molecular weight is 159 g/mol. The molecular formula is C6H13N3O2. The third kappa shape index (κ3) is 1.72. The van der Waals surface area contributed by atoms with E-state index in [9.17, 15) is 5.21 Å². The molecule has 0 aromatic rings. The summed E-state index contributed by atoms with van der Waals surface area (Å²) in [6, 6.07) is 0.192. The highest BCUT2D eigenvalue weighted by Gasteiger charge is 2.24. The largest absolute Gasteiger partial charge is 0.569 e. The first-order valence-electron chi connectivity index (χ1n) is 3.84. The Morgan fingerprint density at radius 3 is 2.91 bits per heavy atom. The van der Waals surface area contributed by atoms with E-state index in [4.69, 9.17) is 5.21 Å². The third-order valence-electron chi connectivity index (χ3n) is 2.06. The first kappa shape index (κ1) is 8.10. The fourth-order valence-corrected chi connectivity index (χ4v) is 1.39. The van der Waals surface area contributed by atoms with Crippen LogP contribution >= 0.6 is 0 Å². The molecule has 11 heavy (non-hydrogen) atoms. The van der Waals surface area contributed by atoms with Crippen molar-refractivity contribution in [1.29, 1.82) is 0 Å². The fourth-order valence-electron chi connectivity index (χ4n) is 1.39. The van der Waals surface area contributed by atoms with Crippen molar-refractivity contribution in [3.05, 3.63) is 5.21 Å². The summed E-state index contributed by atoms with van der Waals surface area (Å²) in [5.74, 6) is 0. The summed E-state index contributed by atoms with van der Waals surface area (Å²) in [6.45, 7) is 2.64. The Balaban J connectivity index is 2.54. The molecule has 0 spiro atoms. The molecule has 1 aliphatic heterocycles. The van der Waals surface area contributed by atoms with E-state index in [1.54, 1.807) is 0 Å². The van der Waals surface area contributed by atoms with Gasteiger partial charge >= 0.3 is 0 Å². The molecule has 1 rings (SSSR count). The molecule has 5 nitrogen and oxygen atoms in total. The fraction of sp³-hybridized carbons (Fsp3) is 1.00. The van der Waals surface area contributed by atoms with Crippen molar-refractivity contribution in [3.63, 3.8) is 0 Å². The van der Waals surface area contributed by atoms with Crippen molar-refractivity contribution in [2.45, 2.75) is 32.2 Å². The van der Waals surface area contributed by atoms with Crippen LogP contribution in [0.2, 0.25) is 0 Å². The Kier molecular flexibility index (Phi) is 2.51. The van der Waals surface area contributed by atoms with Crippen LogP contribution in [0.15, 0.2) is 5.28 Å². The normalized spacial score (nSPS) is 27.2. The molecule has 5 heteroatoms. The van der Waals surface area contributed by atoms with Crippen molar-refractivity contribution in [3.8, 4) is 0 Å². The number of rotatable bonds is 1. The SMILES string of the molecule is CC1CCCCN1/[N+]([O-])=N/O. The Labute approximate surface area is 65.4 Å². The standard InChI is InChI=1S/C6H13N3O2/c1-6-4-2-3-5-8(6)9(11)7-10/h6,10H,2-5H2,1H3/b9-7-. The third-order valence-corrected chi connectivity index (χ3v) is 2.06. The van der Waals surface area contributed by atoms with Gasteiger partial charge in [-0.2, -0.15) is 0 Å². The Morgan fingerprint density at radius 1 is 1.64 bits per heavy atom. The predicted octanol–water partition coefficient (Wildman–Crippen LogP) is 1.13. The number of hydrazine groups is 1. The maximum atomic E-state index is 10.8. The van der Waals surface area contributed by atoms with Crippen molar-refractivity contribution < 1.29 is 10.2 Å². The van der Waals surface area contributed by atoms with E-state index < -0.39 is 0 Å². The van der Waals surface area contributed by atoms with Crippen LogP contribution in [0.1, 0.15) is 26.2 Å². The summed E-state index contributed by atoms with van der Waals surface area (Å²) in [5, 5.41) is 23.1. The molecule has 0 aromatic carbocycles. The second-order valence-corrected chi connectivity index (χ2v) is 2.85. The molecule has 0 saturated carbocycles. The molecule has 1 N–H and O–H groups in total. The van der Waals surface area contributed by atoms with Crippen LogP contribution in [0, 0.1) is 5.21 Å². The van der Waals surface area contributed by atoms with E-state index in [2.05, 4.69) is 5.28 Å². The van der Waals surface area contributed by atoms with Gasteiger partial charge in [-0.05, 0) is 26.2 Å². The van der Waals surface area contributed by atoms with Crippen LogP contribution in [0.25, 0.3) is 0 Å². The molecule has 1 saturated heterocycles. The van der Waals surface area contributed by atoms with E-state index in [0.717, 1.165) is 19.3 Å². The minimum absolute atomic E-state index is 0.192. The van der Waals surface area contributed by atoms with Gasteiger partial charge in [-0.15, -0.1) is 5.01 Å². The maximum Gasteiger partial charge on any atom is 0.230 e. The van der Waals surface area contributed by atoms with Crippen molar-refractivity contribution in [2.24, 2.45) is 5.28 Å². The van der Waals surface area contributed by atoms with Gasteiger partial charge in [0.25, 0.3) is 0 Å². The maximum absolute atomic E-state index is 10.8. The molecule has 1 aliphatic rings. The molecule has 1 heterocycles. The summed E-state index contributed by atoms with van der Waals surface area (Å²) in [4.78, 5) is 0.268. The zero-order valence-corrected chi connectivity index (χ0v) is 6.60. The van der Waals surface area contributed by atoms with Gasteiger partial charge in [0.15, 0.2) is 0 Å². The highest BCUT2D eigenvalue weighted by Crippen LogP contribution is 2.15. The van der Waals surface area contributed by atoms with Gasteiger partial charge in [0.05, 0.1) is 17.6 Å². The lowest BCUT2D eigenvalue weighted by atomic mass is 10.1. The second-order valence-electron chi connectivity index (χ2n) is 2.85. The van der Waals surface area contributed by atoms with E-state index >= 15 is 0 Å². The first-order chi connectivity index (χ1) is 5.25. The molecule has 1 fully saturated rings. The molecule has 0 amide bonds. The molecule has 0 radical (unpaired) electrons. The monoisotopic (exact) mass is 159 g/mol. The summed E-state index contributed by atoms with van der Waals surface area (Å²) in [7, 11) is 0. The smallest absolute Gasteiger partial charge is 0.230 e. The lowest BCUT2D eigenvalue weighted by Crippen LogP contribution is -2.41. The van der Waals surface area contributed by atoms with Crippen LogP contribution in [-0.2, 0) is 0 Å². The number of hydrogen-bond acceptors (Lipinski definition) is 2. The van der Waals surface area contributed by atoms with E-state index in [1.807, 2.05) is 6.92 Å². The number of nitrogens with zero attached hydrogens (tertiary/aromatic N) is 3. The number of hydrogen-bond donors (Lipinski definition) is 1. The Morgan fingerprint density at radius 2 is 2.36 bits per heavy atom. The van der Waals surface area contributed by atoms with Gasteiger partial charge in [0, 0.05) is 0 Å². The Hall–Kier alpha value is -1.00. The van der Waals surface area contributed by atoms with Crippen LogP contribution in [0.3, 0.4) is 0 Å². The number of piperidine rings is 1. The van der Waals surface area contributed by atoms with E-state index in [-0.39, 0.29) is 11.0 Å². The van der Waals surface area contributed by atoms with Gasteiger partial charge in [0.1, 0.15) is 0 Å². The molecule has 64 valence electrons. The lowest BCUT2D eigenvalue weighted by molar-refractivity contribution is -0.718.